The van der Waals surface area contributed by atoms with Gasteiger partial charge in [-0.2, -0.15) is 0 Å². The van der Waals surface area contributed by atoms with Gasteiger partial charge >= 0.3 is 11.5 Å². The zero-order valence-corrected chi connectivity index (χ0v) is 20.3. The minimum atomic E-state index is -5.35. The van der Waals surface area contributed by atoms with Crippen molar-refractivity contribution in [2.75, 3.05) is 0 Å². The summed E-state index contributed by atoms with van der Waals surface area (Å²) in [6.45, 7) is 9.52. The first-order valence-corrected chi connectivity index (χ1v) is 11.7. The highest BCUT2D eigenvalue weighted by Gasteiger charge is 2.18. The van der Waals surface area contributed by atoms with Crippen LogP contribution >= 0.6 is 31.0 Å². The number of phosphoric ester groups is 1. The topological polar surface area (TPSA) is 176 Å². The van der Waals surface area contributed by atoms with Gasteiger partial charge in [0.05, 0.1) is 29.8 Å². The Balaban J connectivity index is 2.05. The molecule has 2 aromatic heterocycles. The third-order valence-electron chi connectivity index (χ3n) is 4.43. The van der Waals surface area contributed by atoms with Crippen LogP contribution in [0.15, 0.2) is 38.8 Å². The molecule has 0 unspecified atom stereocenters. The predicted octanol–water partition coefficient (Wildman–Crippen LogP) is 1.66. The number of hydrogen-bond donors (Lipinski definition) is 1. The minimum absolute atomic E-state index is 0.00899. The second-order valence-electron chi connectivity index (χ2n) is 7.21. The van der Waals surface area contributed by atoms with Gasteiger partial charge in [0.15, 0.2) is 5.75 Å². The summed E-state index contributed by atoms with van der Waals surface area (Å²) in [7, 11) is -5.35. The molecule has 0 aliphatic heterocycles. The summed E-state index contributed by atoms with van der Waals surface area (Å²) in [5, 5.41) is 3.45. The van der Waals surface area contributed by atoms with Crippen LogP contribution in [-0.4, -0.2) is 19.3 Å². The largest absolute Gasteiger partial charge is 0.790 e. The van der Waals surface area contributed by atoms with Gasteiger partial charge in [-0.3, -0.25) is 19.1 Å². The first kappa shape index (κ1) is 26.4. The molecule has 1 aromatic carbocycles. The molecule has 2 heterocycles. The van der Waals surface area contributed by atoms with E-state index in [-0.39, 0.29) is 38.7 Å². The van der Waals surface area contributed by atoms with Crippen molar-refractivity contribution in [3.05, 3.63) is 82.6 Å². The van der Waals surface area contributed by atoms with E-state index in [0.29, 0.717) is 0 Å². The zero-order valence-electron chi connectivity index (χ0n) is 17.9. The van der Waals surface area contributed by atoms with Gasteiger partial charge in [-0.1, -0.05) is 43.6 Å². The van der Waals surface area contributed by atoms with E-state index >= 15 is 0 Å². The molecule has 0 saturated carbocycles. The van der Waals surface area contributed by atoms with Crippen LogP contribution in [0, 0.1) is 6.57 Å². The number of pyridine rings is 1. The molecule has 3 aromatic rings. The average molecular weight is 542 g/mol. The highest BCUT2D eigenvalue weighted by molar-refractivity contribution is 7.43. The zero-order chi connectivity index (χ0) is 26.1. The van der Waals surface area contributed by atoms with Crippen molar-refractivity contribution in [3.63, 3.8) is 0 Å². The van der Waals surface area contributed by atoms with E-state index in [1.54, 1.807) is 13.8 Å². The van der Waals surface area contributed by atoms with Gasteiger partial charge in [-0.15, -0.1) is 4.68 Å². The summed E-state index contributed by atoms with van der Waals surface area (Å²) >= 11 is 12.6. The van der Waals surface area contributed by atoms with Crippen molar-refractivity contribution in [1.29, 1.82) is 0 Å². The van der Waals surface area contributed by atoms with Crippen LogP contribution in [0.25, 0.3) is 10.5 Å². The Morgan fingerprint density at radius 3 is 2.37 bits per heavy atom. The molecule has 0 atom stereocenters. The second kappa shape index (κ2) is 10.2. The fourth-order valence-electron chi connectivity index (χ4n) is 2.85. The van der Waals surface area contributed by atoms with Crippen LogP contribution in [0.3, 0.4) is 0 Å². The molecule has 0 aliphatic rings. The molecule has 16 heteroatoms. The lowest BCUT2D eigenvalue weighted by Crippen LogP contribution is -2.30. The number of hydrogen-bond acceptors (Lipinski definition) is 9. The van der Waals surface area contributed by atoms with Gasteiger partial charge in [0.2, 0.25) is 0 Å². The number of nitrogens with one attached hydrogen (secondary N) is 1. The van der Waals surface area contributed by atoms with Crippen molar-refractivity contribution in [2.45, 2.75) is 26.5 Å². The van der Waals surface area contributed by atoms with Gasteiger partial charge in [0.25, 0.3) is 11.1 Å². The van der Waals surface area contributed by atoms with Gasteiger partial charge in [0.1, 0.15) is 12.5 Å². The molecule has 0 radical (unpaired) electrons. The van der Waals surface area contributed by atoms with E-state index in [1.165, 1.54) is 18.2 Å². The number of rotatable bonds is 7. The van der Waals surface area contributed by atoms with Crippen LogP contribution in [0.4, 0.5) is 5.82 Å². The number of aromatic nitrogens is 4. The van der Waals surface area contributed by atoms with E-state index in [9.17, 15) is 28.7 Å². The SMILES string of the molecule is [C-]#[N+]c1nn(-c2cc(Cl)c(Oc3cc(C(C)C)c(=O)n(COP(=O)([O-])[O-])c3)c(Cl)c2)c(=O)[nH]c1=O. The van der Waals surface area contributed by atoms with Gasteiger partial charge < -0.3 is 28.5 Å². The number of phosphoric acid groups is 1. The average Bonchev–Trinajstić information content (AvgIpc) is 2.75. The molecule has 0 spiro atoms. The van der Waals surface area contributed by atoms with Crippen molar-refractivity contribution >= 4 is 36.8 Å². The number of H-pyrrole nitrogens is 1. The van der Waals surface area contributed by atoms with Crippen molar-refractivity contribution < 1.29 is 23.6 Å². The van der Waals surface area contributed by atoms with Crippen LogP contribution in [0.1, 0.15) is 25.3 Å². The number of ether oxygens (including phenoxy) is 1. The molecule has 1 N–H and O–H groups in total. The minimum Gasteiger partial charge on any atom is -0.790 e. The summed E-state index contributed by atoms with van der Waals surface area (Å²) in [4.78, 5) is 62.8. The fraction of sp³-hybridized carbons (Fsp3) is 0.211. The second-order valence-corrected chi connectivity index (χ2v) is 9.18. The monoisotopic (exact) mass is 541 g/mol. The molecular weight excluding hydrogens is 528 g/mol. The van der Waals surface area contributed by atoms with E-state index in [0.717, 1.165) is 15.4 Å². The molecule has 0 fully saturated rings. The van der Waals surface area contributed by atoms with Crippen LogP contribution < -0.4 is 31.3 Å². The highest BCUT2D eigenvalue weighted by atomic mass is 35.5. The maximum absolute atomic E-state index is 12.6. The number of aromatic amines is 1. The van der Waals surface area contributed by atoms with Crippen LogP contribution in [-0.2, 0) is 15.8 Å². The Morgan fingerprint density at radius 2 is 1.83 bits per heavy atom. The number of benzene rings is 1. The molecule has 3 rings (SSSR count). The Kier molecular flexibility index (Phi) is 7.66. The standard InChI is InChI=1S/C19H16Cl2N5O8P/c1-9(2)12-6-11(7-25(18(12)28)8-33-35(30,31)32)34-15-13(20)4-10(5-14(15)21)26-19(29)23-17(27)16(22-3)24-26/h4-7,9H,8H2,1-2H3,(H,23,27,29)(H2,30,31,32)/p-2. The molecule has 13 nitrogen and oxygen atoms in total. The maximum atomic E-state index is 12.6. The van der Waals surface area contributed by atoms with Crippen molar-refractivity contribution in [2.24, 2.45) is 0 Å². The molecular formula is C19H14Cl2N5O8P-2. The Morgan fingerprint density at radius 1 is 1.20 bits per heavy atom. The van der Waals surface area contributed by atoms with E-state index < -0.39 is 37.2 Å². The van der Waals surface area contributed by atoms with Crippen molar-refractivity contribution in [3.8, 4) is 17.2 Å². The smallest absolute Gasteiger partial charge is 0.365 e. The van der Waals surface area contributed by atoms with Gasteiger partial charge in [0, 0.05) is 5.56 Å². The Hall–Kier alpha value is -3.24. The molecule has 0 aliphatic carbocycles. The van der Waals surface area contributed by atoms with Crippen LogP contribution in [0.5, 0.6) is 11.5 Å². The third-order valence-corrected chi connectivity index (χ3v) is 5.42. The summed E-state index contributed by atoms with van der Waals surface area (Å²) in [5.74, 6) is -0.982. The Bertz CT molecular complexity index is 1540. The summed E-state index contributed by atoms with van der Waals surface area (Å²) in [6.07, 6.45) is 1.10. The normalized spacial score (nSPS) is 11.5. The molecule has 0 saturated heterocycles. The van der Waals surface area contributed by atoms with E-state index in [2.05, 4.69) is 14.5 Å². The first-order chi connectivity index (χ1) is 16.3. The Labute approximate surface area is 206 Å². The molecule has 0 bridgehead atoms. The quantitative estimate of drug-likeness (QED) is 0.344. The third kappa shape index (κ3) is 6.07. The fourth-order valence-corrected chi connectivity index (χ4v) is 3.67. The number of nitrogens with zero attached hydrogens (tertiary/aromatic N) is 4. The molecule has 0 amide bonds. The lowest BCUT2D eigenvalue weighted by atomic mass is 10.1. The van der Waals surface area contributed by atoms with Gasteiger partial charge in [-0.25, -0.2) is 4.79 Å². The highest BCUT2D eigenvalue weighted by Crippen LogP contribution is 2.38. The van der Waals surface area contributed by atoms with E-state index in [1.807, 2.05) is 4.98 Å². The summed E-state index contributed by atoms with van der Waals surface area (Å²) in [6, 6.07) is 3.85. The molecule has 184 valence electrons. The summed E-state index contributed by atoms with van der Waals surface area (Å²) < 4.78 is 22.3. The lowest BCUT2D eigenvalue weighted by molar-refractivity contribution is -0.344. The van der Waals surface area contributed by atoms with Crippen LogP contribution in [0.2, 0.25) is 10.0 Å². The van der Waals surface area contributed by atoms with Crippen molar-refractivity contribution in [1.82, 2.24) is 19.3 Å². The van der Waals surface area contributed by atoms with Gasteiger partial charge in [-0.05, 0) is 29.2 Å². The number of halogens is 2. The lowest BCUT2D eigenvalue weighted by Gasteiger charge is -2.28. The summed E-state index contributed by atoms with van der Waals surface area (Å²) in [5.41, 5.74) is -2.26. The predicted molar refractivity (Wildman–Crippen MR) is 120 cm³/mol. The first-order valence-electron chi connectivity index (χ1n) is 9.50. The maximum Gasteiger partial charge on any atom is 0.365 e. The van der Waals surface area contributed by atoms with E-state index in [4.69, 9.17) is 34.5 Å². The molecule has 35 heavy (non-hydrogen) atoms.